The zero-order valence-corrected chi connectivity index (χ0v) is 17.8. The van der Waals surface area contributed by atoms with Crippen molar-refractivity contribution in [3.05, 3.63) is 24.3 Å². The average Bonchev–Trinajstić information content (AvgIpc) is 3.46. The molecule has 4 atom stereocenters. The number of imide groups is 1. The van der Waals surface area contributed by atoms with Crippen molar-refractivity contribution in [1.82, 2.24) is 10.6 Å². The van der Waals surface area contributed by atoms with Gasteiger partial charge in [-0.2, -0.15) is 0 Å². The van der Waals surface area contributed by atoms with E-state index in [1.807, 2.05) is 0 Å². The molecule has 2 aliphatic carbocycles. The number of amides is 4. The van der Waals surface area contributed by atoms with Gasteiger partial charge in [0.15, 0.2) is 11.5 Å². The van der Waals surface area contributed by atoms with E-state index in [1.165, 1.54) is 39.9 Å². The van der Waals surface area contributed by atoms with Crippen molar-refractivity contribution in [2.45, 2.75) is 25.3 Å². The minimum atomic E-state index is -0.925. The highest BCUT2D eigenvalue weighted by molar-refractivity contribution is 6.22. The number of allylic oxidation sites excluding steroid dienone is 2. The fraction of sp³-hybridized carbons (Fsp3) is 0.500. The largest absolute Gasteiger partial charge is 0.493 e. The van der Waals surface area contributed by atoms with Gasteiger partial charge in [-0.25, -0.2) is 9.69 Å². The molecular weight excluding hydrogens is 402 g/mol. The van der Waals surface area contributed by atoms with Gasteiger partial charge in [0.25, 0.3) is 5.91 Å². The first-order valence-corrected chi connectivity index (χ1v) is 10.3. The Morgan fingerprint density at radius 1 is 1.10 bits per heavy atom. The number of nitrogens with one attached hydrogen (secondary N) is 2. The number of urea groups is 1. The Labute approximate surface area is 180 Å². The summed E-state index contributed by atoms with van der Waals surface area (Å²) < 4.78 is 15.9. The van der Waals surface area contributed by atoms with Crippen LogP contribution in [0.2, 0.25) is 0 Å². The Morgan fingerprint density at radius 3 is 2.35 bits per heavy atom. The Morgan fingerprint density at radius 2 is 1.81 bits per heavy atom. The third-order valence-electron chi connectivity index (χ3n) is 6.29. The molecule has 1 aliphatic heterocycles. The van der Waals surface area contributed by atoms with Crippen molar-refractivity contribution in [2.75, 3.05) is 32.8 Å². The average molecular weight is 429 g/mol. The SMILES string of the molecule is COc1cc(N2C(=O)N[C@@H](CC(=O)NC[C@@H]3C[C@H]4C=C[C@H]3C4)C2=O)cc(OC)c1OC. The van der Waals surface area contributed by atoms with Crippen LogP contribution >= 0.6 is 0 Å². The number of methoxy groups -OCH3 is 3. The van der Waals surface area contributed by atoms with E-state index >= 15 is 0 Å². The molecule has 166 valence electrons. The van der Waals surface area contributed by atoms with Crippen LogP contribution in [0.4, 0.5) is 10.5 Å². The van der Waals surface area contributed by atoms with Gasteiger partial charge in [-0.3, -0.25) is 9.59 Å². The number of hydrogen-bond donors (Lipinski definition) is 2. The molecule has 2 fully saturated rings. The molecule has 4 amide bonds. The predicted octanol–water partition coefficient (Wildman–Crippen LogP) is 1.86. The summed E-state index contributed by atoms with van der Waals surface area (Å²) in [5.74, 6) is 1.85. The molecule has 0 spiro atoms. The lowest BCUT2D eigenvalue weighted by Gasteiger charge is -2.19. The van der Waals surface area contributed by atoms with E-state index in [9.17, 15) is 14.4 Å². The van der Waals surface area contributed by atoms with Crippen LogP contribution in [0.1, 0.15) is 19.3 Å². The van der Waals surface area contributed by atoms with Crippen molar-refractivity contribution in [3.8, 4) is 17.2 Å². The summed E-state index contributed by atoms with van der Waals surface area (Å²) in [6.07, 6.45) is 6.65. The molecule has 4 rings (SSSR count). The number of anilines is 1. The molecule has 9 heteroatoms. The van der Waals surface area contributed by atoms with E-state index in [-0.39, 0.29) is 18.0 Å². The molecular formula is C22H27N3O6. The van der Waals surface area contributed by atoms with Gasteiger partial charge in [0.2, 0.25) is 11.7 Å². The molecule has 1 saturated heterocycles. The molecule has 1 aromatic carbocycles. The summed E-state index contributed by atoms with van der Waals surface area (Å²) in [6, 6.07) is 1.51. The van der Waals surface area contributed by atoms with E-state index in [0.29, 0.717) is 41.5 Å². The minimum absolute atomic E-state index is 0.109. The number of carbonyl (C=O) groups excluding carboxylic acids is 3. The highest BCUT2D eigenvalue weighted by atomic mass is 16.5. The zero-order valence-electron chi connectivity index (χ0n) is 17.8. The number of benzene rings is 1. The normalized spacial score (nSPS) is 26.2. The van der Waals surface area contributed by atoms with Crippen LogP contribution in [-0.4, -0.2) is 51.8 Å². The van der Waals surface area contributed by atoms with Crippen molar-refractivity contribution in [3.63, 3.8) is 0 Å². The van der Waals surface area contributed by atoms with Gasteiger partial charge in [0, 0.05) is 18.7 Å². The second-order valence-electron chi connectivity index (χ2n) is 8.11. The van der Waals surface area contributed by atoms with E-state index < -0.39 is 18.0 Å². The Balaban J connectivity index is 1.41. The maximum absolute atomic E-state index is 12.9. The van der Waals surface area contributed by atoms with Crippen LogP contribution < -0.4 is 29.7 Å². The molecule has 0 radical (unpaired) electrons. The van der Waals surface area contributed by atoms with Crippen molar-refractivity contribution < 1.29 is 28.6 Å². The van der Waals surface area contributed by atoms with Crippen LogP contribution in [-0.2, 0) is 9.59 Å². The van der Waals surface area contributed by atoms with E-state index in [0.717, 1.165) is 11.3 Å². The lowest BCUT2D eigenvalue weighted by molar-refractivity contribution is -0.125. The van der Waals surface area contributed by atoms with Gasteiger partial charge >= 0.3 is 6.03 Å². The van der Waals surface area contributed by atoms with Crippen LogP contribution in [0.5, 0.6) is 17.2 Å². The topological polar surface area (TPSA) is 106 Å². The van der Waals surface area contributed by atoms with Crippen LogP contribution in [0.25, 0.3) is 0 Å². The number of rotatable bonds is 8. The fourth-order valence-electron chi connectivity index (χ4n) is 4.74. The number of carbonyl (C=O) groups is 3. The van der Waals surface area contributed by atoms with E-state index in [4.69, 9.17) is 14.2 Å². The lowest BCUT2D eigenvalue weighted by Crippen LogP contribution is -2.38. The van der Waals surface area contributed by atoms with Gasteiger partial charge in [0.1, 0.15) is 6.04 Å². The molecule has 2 N–H and O–H groups in total. The number of nitrogens with zero attached hydrogens (tertiary/aromatic N) is 1. The molecule has 1 heterocycles. The first-order chi connectivity index (χ1) is 14.9. The molecule has 0 unspecified atom stereocenters. The predicted molar refractivity (Wildman–Crippen MR) is 112 cm³/mol. The van der Waals surface area contributed by atoms with E-state index in [2.05, 4.69) is 22.8 Å². The summed E-state index contributed by atoms with van der Waals surface area (Å²) in [7, 11) is 4.37. The maximum atomic E-state index is 12.9. The summed E-state index contributed by atoms with van der Waals surface area (Å²) in [4.78, 5) is 38.9. The Bertz CT molecular complexity index is 905. The van der Waals surface area contributed by atoms with Gasteiger partial charge in [0.05, 0.1) is 33.4 Å². The quantitative estimate of drug-likeness (QED) is 0.483. The summed E-state index contributed by atoms with van der Waals surface area (Å²) in [5.41, 5.74) is 0.272. The standard InChI is InChI=1S/C22H27N3O6/c1-29-17-8-15(9-18(30-2)20(17)31-3)25-21(27)16(24-22(25)28)10-19(26)23-11-14-7-12-4-5-13(14)6-12/h4-5,8-9,12-14,16H,6-7,10-11H2,1-3H3,(H,23,26)(H,24,28)/t12-,13-,14-,16-/m0/s1. The summed E-state index contributed by atoms with van der Waals surface area (Å²) in [5, 5.41) is 5.52. The van der Waals surface area contributed by atoms with E-state index in [1.54, 1.807) is 0 Å². The summed E-state index contributed by atoms with van der Waals surface area (Å²) >= 11 is 0. The molecule has 0 aromatic heterocycles. The van der Waals surface area contributed by atoms with Gasteiger partial charge in [-0.15, -0.1) is 0 Å². The zero-order chi connectivity index (χ0) is 22.1. The van der Waals surface area contributed by atoms with Crippen LogP contribution in [0, 0.1) is 17.8 Å². The Kier molecular flexibility index (Phi) is 5.75. The van der Waals surface area contributed by atoms with Crippen molar-refractivity contribution >= 4 is 23.5 Å². The number of ether oxygens (including phenoxy) is 3. The smallest absolute Gasteiger partial charge is 0.329 e. The molecule has 1 saturated carbocycles. The molecule has 9 nitrogen and oxygen atoms in total. The molecule has 1 aromatic rings. The molecule has 31 heavy (non-hydrogen) atoms. The maximum Gasteiger partial charge on any atom is 0.329 e. The fourth-order valence-corrected chi connectivity index (χ4v) is 4.74. The second-order valence-corrected chi connectivity index (χ2v) is 8.11. The summed E-state index contributed by atoms with van der Waals surface area (Å²) in [6.45, 7) is 0.593. The number of fused-ring (bicyclic) bond motifs is 2. The van der Waals surface area contributed by atoms with Gasteiger partial charge < -0.3 is 24.8 Å². The Hall–Kier alpha value is -3.23. The lowest BCUT2D eigenvalue weighted by atomic mass is 9.93. The third kappa shape index (κ3) is 3.92. The monoisotopic (exact) mass is 429 g/mol. The third-order valence-corrected chi connectivity index (χ3v) is 6.29. The van der Waals surface area contributed by atoms with Crippen LogP contribution in [0.3, 0.4) is 0 Å². The highest BCUT2D eigenvalue weighted by Gasteiger charge is 2.41. The second kappa shape index (κ2) is 8.49. The molecule has 2 bridgehead atoms. The van der Waals surface area contributed by atoms with Gasteiger partial charge in [-0.1, -0.05) is 12.2 Å². The van der Waals surface area contributed by atoms with Crippen LogP contribution in [0.15, 0.2) is 24.3 Å². The van der Waals surface area contributed by atoms with Crippen molar-refractivity contribution in [2.24, 2.45) is 17.8 Å². The number of hydrogen-bond acceptors (Lipinski definition) is 6. The first-order valence-electron chi connectivity index (χ1n) is 10.3. The van der Waals surface area contributed by atoms with Gasteiger partial charge in [-0.05, 0) is 30.6 Å². The molecule has 3 aliphatic rings. The first kappa shape index (κ1) is 21.0. The van der Waals surface area contributed by atoms with Crippen molar-refractivity contribution in [1.29, 1.82) is 0 Å². The minimum Gasteiger partial charge on any atom is -0.493 e. The highest BCUT2D eigenvalue weighted by Crippen LogP contribution is 2.43.